The maximum absolute atomic E-state index is 13.4. The second-order valence-electron chi connectivity index (χ2n) is 8.25. The summed E-state index contributed by atoms with van der Waals surface area (Å²) in [6, 6.07) is 11.5. The molecule has 0 bridgehead atoms. The summed E-state index contributed by atoms with van der Waals surface area (Å²) in [5.74, 6) is -1.31. The molecule has 33 heavy (non-hydrogen) atoms. The highest BCUT2D eigenvalue weighted by molar-refractivity contribution is 7.92. The first-order valence-corrected chi connectivity index (χ1v) is 12.7. The van der Waals surface area contributed by atoms with E-state index < -0.39 is 34.3 Å². The molecule has 2 atom stereocenters. The zero-order valence-corrected chi connectivity index (χ0v) is 20.5. The third kappa shape index (κ3) is 7.56. The highest BCUT2D eigenvalue weighted by Crippen LogP contribution is 2.20. The number of nitrogens with one attached hydrogen (secondary N) is 1. The molecule has 2 amide bonds. The van der Waals surface area contributed by atoms with Crippen LogP contribution in [0.3, 0.4) is 0 Å². The third-order valence-electron chi connectivity index (χ3n) is 5.44. The molecule has 0 heterocycles. The van der Waals surface area contributed by atoms with Crippen LogP contribution in [0.4, 0.5) is 10.1 Å². The van der Waals surface area contributed by atoms with E-state index in [4.69, 9.17) is 0 Å². The van der Waals surface area contributed by atoms with Crippen LogP contribution in [-0.4, -0.2) is 50.0 Å². The Balaban J connectivity index is 2.36. The summed E-state index contributed by atoms with van der Waals surface area (Å²) in [7, 11) is -3.77. The molecule has 0 unspecified atom stereocenters. The number of amides is 2. The van der Waals surface area contributed by atoms with Gasteiger partial charge in [-0.15, -0.1) is 0 Å². The maximum atomic E-state index is 13.4. The monoisotopic (exact) mass is 477 g/mol. The van der Waals surface area contributed by atoms with Crippen molar-refractivity contribution in [2.24, 2.45) is 0 Å². The lowest BCUT2D eigenvalue weighted by Gasteiger charge is -2.32. The van der Waals surface area contributed by atoms with Crippen molar-refractivity contribution < 1.29 is 22.4 Å². The number of anilines is 1. The Bertz CT molecular complexity index is 1060. The van der Waals surface area contributed by atoms with Gasteiger partial charge in [-0.2, -0.15) is 0 Å². The molecule has 2 rings (SSSR count). The number of aryl methyl sites for hydroxylation is 1. The topological polar surface area (TPSA) is 86.8 Å². The molecule has 7 nitrogen and oxygen atoms in total. The third-order valence-corrected chi connectivity index (χ3v) is 6.58. The van der Waals surface area contributed by atoms with Crippen molar-refractivity contribution in [3.8, 4) is 0 Å². The molecule has 180 valence electrons. The van der Waals surface area contributed by atoms with Gasteiger partial charge in [-0.1, -0.05) is 36.8 Å². The zero-order valence-electron chi connectivity index (χ0n) is 19.7. The summed E-state index contributed by atoms with van der Waals surface area (Å²) < 4.78 is 39.4. The molecule has 0 fully saturated rings. The average Bonchev–Trinajstić information content (AvgIpc) is 2.76. The van der Waals surface area contributed by atoms with E-state index in [9.17, 15) is 22.4 Å². The van der Waals surface area contributed by atoms with E-state index in [0.29, 0.717) is 11.3 Å². The summed E-state index contributed by atoms with van der Waals surface area (Å²) in [4.78, 5) is 27.5. The Morgan fingerprint density at radius 3 is 2.12 bits per heavy atom. The fourth-order valence-corrected chi connectivity index (χ4v) is 4.01. The Morgan fingerprint density at radius 1 is 1.03 bits per heavy atom. The number of carbonyl (C=O) groups is 2. The number of halogens is 1. The van der Waals surface area contributed by atoms with Crippen molar-refractivity contribution in [1.29, 1.82) is 0 Å². The minimum atomic E-state index is -3.77. The van der Waals surface area contributed by atoms with Gasteiger partial charge >= 0.3 is 0 Å². The predicted octanol–water partition coefficient (Wildman–Crippen LogP) is 3.23. The van der Waals surface area contributed by atoms with Crippen molar-refractivity contribution in [3.63, 3.8) is 0 Å². The van der Waals surface area contributed by atoms with Crippen molar-refractivity contribution >= 4 is 27.5 Å². The minimum Gasteiger partial charge on any atom is -0.352 e. The van der Waals surface area contributed by atoms with E-state index in [1.54, 1.807) is 31.2 Å². The van der Waals surface area contributed by atoms with Crippen molar-refractivity contribution in [3.05, 3.63) is 65.5 Å². The quantitative estimate of drug-likeness (QED) is 0.569. The molecule has 0 spiro atoms. The molecule has 0 aliphatic heterocycles. The predicted molar refractivity (Wildman–Crippen MR) is 128 cm³/mol. The largest absolute Gasteiger partial charge is 0.352 e. The number of hydrogen-bond acceptors (Lipinski definition) is 4. The summed E-state index contributed by atoms with van der Waals surface area (Å²) in [6.45, 7) is 6.82. The van der Waals surface area contributed by atoms with Gasteiger partial charge in [-0.25, -0.2) is 12.8 Å². The fraction of sp³-hybridized carbons (Fsp3) is 0.417. The van der Waals surface area contributed by atoms with E-state index in [0.717, 1.165) is 22.5 Å². The molecule has 0 radical (unpaired) electrons. The van der Waals surface area contributed by atoms with Gasteiger partial charge in [0, 0.05) is 12.6 Å². The molecule has 2 aromatic rings. The fourth-order valence-electron chi connectivity index (χ4n) is 3.16. The maximum Gasteiger partial charge on any atom is 0.244 e. The first kappa shape index (κ1) is 26.3. The summed E-state index contributed by atoms with van der Waals surface area (Å²) >= 11 is 0. The number of carbonyl (C=O) groups excluding carboxylic acids is 2. The molecular formula is C24H32FN3O4S. The Morgan fingerprint density at radius 2 is 1.61 bits per heavy atom. The Hall–Kier alpha value is -2.94. The molecule has 0 aliphatic rings. The van der Waals surface area contributed by atoms with Crippen LogP contribution in [0, 0.1) is 12.7 Å². The SMILES string of the molecule is CC[C@@H](C)NC(=O)[C@H](C)N(Cc1ccc(F)cc1)C(=O)CN(c1ccc(C)cc1)S(C)(=O)=O. The van der Waals surface area contributed by atoms with Gasteiger partial charge in [-0.3, -0.25) is 13.9 Å². The average molecular weight is 478 g/mol. The molecule has 1 N–H and O–H groups in total. The lowest BCUT2D eigenvalue weighted by atomic mass is 10.1. The number of sulfonamides is 1. The minimum absolute atomic E-state index is 0.0275. The van der Waals surface area contributed by atoms with Crippen LogP contribution in [0.2, 0.25) is 0 Å². The van der Waals surface area contributed by atoms with Crippen LogP contribution in [-0.2, 0) is 26.2 Å². The van der Waals surface area contributed by atoms with Crippen LogP contribution in [0.25, 0.3) is 0 Å². The molecule has 0 aromatic heterocycles. The normalized spacial score (nSPS) is 13.2. The molecule has 0 saturated heterocycles. The van der Waals surface area contributed by atoms with Gasteiger partial charge in [0.2, 0.25) is 21.8 Å². The van der Waals surface area contributed by atoms with E-state index in [2.05, 4.69) is 5.32 Å². The Kier molecular flexibility index (Phi) is 8.99. The number of rotatable bonds is 10. The smallest absolute Gasteiger partial charge is 0.244 e. The highest BCUT2D eigenvalue weighted by Gasteiger charge is 2.30. The molecule has 9 heteroatoms. The standard InChI is InChI=1S/C24H32FN3O4S/c1-6-18(3)26-24(30)19(4)27(15-20-9-11-21(25)12-10-20)23(29)16-28(33(5,31)32)22-13-7-17(2)8-14-22/h7-14,18-19H,6,15-16H2,1-5H3,(H,26,30)/t18-,19+/m1/s1. The zero-order chi connectivity index (χ0) is 24.8. The van der Waals surface area contributed by atoms with Gasteiger partial charge in [0.15, 0.2) is 0 Å². The number of nitrogens with zero attached hydrogens (tertiary/aromatic N) is 2. The second kappa shape index (κ2) is 11.3. The van der Waals surface area contributed by atoms with E-state index >= 15 is 0 Å². The van der Waals surface area contributed by atoms with Gasteiger partial charge in [-0.05, 0) is 57.0 Å². The first-order chi connectivity index (χ1) is 15.4. The second-order valence-corrected chi connectivity index (χ2v) is 10.2. The molecule has 0 aliphatic carbocycles. The van der Waals surface area contributed by atoms with Gasteiger partial charge in [0.25, 0.3) is 0 Å². The highest BCUT2D eigenvalue weighted by atomic mass is 32.2. The van der Waals surface area contributed by atoms with Crippen LogP contribution < -0.4 is 9.62 Å². The van der Waals surface area contributed by atoms with Crippen molar-refractivity contribution in [2.75, 3.05) is 17.1 Å². The van der Waals surface area contributed by atoms with Crippen LogP contribution in [0.1, 0.15) is 38.3 Å². The summed E-state index contributed by atoms with van der Waals surface area (Å²) in [5.41, 5.74) is 1.93. The number of hydrogen-bond donors (Lipinski definition) is 1. The van der Waals surface area contributed by atoms with E-state index in [1.165, 1.54) is 29.2 Å². The van der Waals surface area contributed by atoms with Gasteiger partial charge < -0.3 is 10.2 Å². The van der Waals surface area contributed by atoms with Crippen molar-refractivity contribution in [1.82, 2.24) is 10.2 Å². The van der Waals surface area contributed by atoms with Crippen LogP contribution >= 0.6 is 0 Å². The lowest BCUT2D eigenvalue weighted by molar-refractivity contribution is -0.139. The lowest BCUT2D eigenvalue weighted by Crippen LogP contribution is -2.52. The Labute approximate surface area is 195 Å². The molecule has 0 saturated carbocycles. The van der Waals surface area contributed by atoms with Gasteiger partial charge in [0.05, 0.1) is 11.9 Å². The summed E-state index contributed by atoms with van der Waals surface area (Å²) in [5, 5.41) is 2.86. The summed E-state index contributed by atoms with van der Waals surface area (Å²) in [6.07, 6.45) is 1.75. The number of benzene rings is 2. The van der Waals surface area contributed by atoms with E-state index in [-0.39, 0.29) is 18.5 Å². The molecule has 2 aromatic carbocycles. The molecular weight excluding hydrogens is 445 g/mol. The first-order valence-electron chi connectivity index (χ1n) is 10.8. The van der Waals surface area contributed by atoms with E-state index in [1.807, 2.05) is 20.8 Å². The van der Waals surface area contributed by atoms with Gasteiger partial charge in [0.1, 0.15) is 18.4 Å². The van der Waals surface area contributed by atoms with Crippen LogP contribution in [0.15, 0.2) is 48.5 Å². The van der Waals surface area contributed by atoms with Crippen LogP contribution in [0.5, 0.6) is 0 Å². The van der Waals surface area contributed by atoms with Crippen molar-refractivity contribution in [2.45, 2.75) is 52.7 Å².